The summed E-state index contributed by atoms with van der Waals surface area (Å²) in [6, 6.07) is 9.10. The number of rotatable bonds is 4. The Morgan fingerprint density at radius 1 is 1.27 bits per heavy atom. The van der Waals surface area contributed by atoms with Gasteiger partial charge in [0, 0.05) is 11.6 Å². The molecule has 7 heteroatoms. The van der Waals surface area contributed by atoms with Gasteiger partial charge in [-0.05, 0) is 36.8 Å². The molecule has 0 saturated heterocycles. The summed E-state index contributed by atoms with van der Waals surface area (Å²) < 4.78 is 5.01. The number of anilines is 1. The van der Waals surface area contributed by atoms with E-state index in [-0.39, 0.29) is 22.0 Å². The van der Waals surface area contributed by atoms with Crippen molar-refractivity contribution in [1.29, 1.82) is 0 Å². The summed E-state index contributed by atoms with van der Waals surface area (Å²) in [4.78, 5) is 22.7. The molecule has 0 saturated carbocycles. The van der Waals surface area contributed by atoms with Gasteiger partial charge in [-0.3, -0.25) is 14.9 Å². The van der Waals surface area contributed by atoms with Crippen molar-refractivity contribution in [2.75, 3.05) is 12.4 Å². The smallest absolute Gasteiger partial charge is 0.293 e. The second-order valence-corrected chi connectivity index (χ2v) is 4.99. The van der Waals surface area contributed by atoms with Crippen molar-refractivity contribution in [1.82, 2.24) is 0 Å². The van der Waals surface area contributed by atoms with Crippen molar-refractivity contribution in [3.8, 4) is 5.75 Å². The first kappa shape index (κ1) is 15.8. The van der Waals surface area contributed by atoms with E-state index in [1.54, 1.807) is 19.1 Å². The predicted molar refractivity (Wildman–Crippen MR) is 83.8 cm³/mol. The zero-order chi connectivity index (χ0) is 16.3. The highest BCUT2D eigenvalue weighted by Crippen LogP contribution is 2.28. The van der Waals surface area contributed by atoms with Crippen LogP contribution in [0.5, 0.6) is 5.75 Å². The average molecular weight is 321 g/mol. The van der Waals surface area contributed by atoms with Gasteiger partial charge in [-0.1, -0.05) is 17.7 Å². The number of nitro benzene ring substituents is 1. The van der Waals surface area contributed by atoms with E-state index in [2.05, 4.69) is 5.32 Å². The van der Waals surface area contributed by atoms with E-state index in [1.165, 1.54) is 31.4 Å². The number of hydrogen-bond acceptors (Lipinski definition) is 4. The minimum atomic E-state index is -0.538. The molecule has 6 nitrogen and oxygen atoms in total. The van der Waals surface area contributed by atoms with Gasteiger partial charge in [0.2, 0.25) is 0 Å². The lowest BCUT2D eigenvalue weighted by Gasteiger charge is -2.08. The number of hydrogen-bond donors (Lipinski definition) is 1. The van der Waals surface area contributed by atoms with Gasteiger partial charge >= 0.3 is 0 Å². The second kappa shape index (κ2) is 6.44. The monoisotopic (exact) mass is 320 g/mol. The molecule has 114 valence electrons. The molecule has 22 heavy (non-hydrogen) atoms. The lowest BCUT2D eigenvalue weighted by atomic mass is 10.1. The third kappa shape index (κ3) is 3.35. The molecule has 0 spiro atoms. The van der Waals surface area contributed by atoms with E-state index in [0.717, 1.165) is 5.56 Å². The number of carbonyl (C=O) groups is 1. The first-order valence-electron chi connectivity index (χ1n) is 6.32. The number of amides is 1. The van der Waals surface area contributed by atoms with Gasteiger partial charge in [-0.2, -0.15) is 0 Å². The number of benzene rings is 2. The number of nitro groups is 1. The van der Waals surface area contributed by atoms with Crippen LogP contribution in [0.4, 0.5) is 11.4 Å². The lowest BCUT2D eigenvalue weighted by Crippen LogP contribution is -2.13. The molecule has 0 unspecified atom stereocenters. The van der Waals surface area contributed by atoms with E-state index < -0.39 is 10.8 Å². The molecule has 0 aromatic heterocycles. The van der Waals surface area contributed by atoms with Gasteiger partial charge in [0.05, 0.1) is 17.1 Å². The molecule has 1 N–H and O–H groups in total. The molecule has 0 fully saturated rings. The number of carbonyl (C=O) groups excluding carboxylic acids is 1. The van der Waals surface area contributed by atoms with Crippen molar-refractivity contribution in [3.05, 3.63) is 62.7 Å². The fraction of sp³-hybridized carbons (Fsp3) is 0.133. The van der Waals surface area contributed by atoms with Crippen molar-refractivity contribution in [2.45, 2.75) is 6.92 Å². The van der Waals surface area contributed by atoms with Gasteiger partial charge in [0.25, 0.3) is 11.6 Å². The molecule has 0 aliphatic carbocycles. The Labute approximate surface area is 131 Å². The van der Waals surface area contributed by atoms with Crippen LogP contribution in [0.25, 0.3) is 0 Å². The molecule has 0 aliphatic heterocycles. The summed E-state index contributed by atoms with van der Waals surface area (Å²) in [5.74, 6) is -0.0453. The third-order valence-corrected chi connectivity index (χ3v) is 3.31. The van der Waals surface area contributed by atoms with Gasteiger partial charge < -0.3 is 10.1 Å². The van der Waals surface area contributed by atoms with Crippen molar-refractivity contribution in [3.63, 3.8) is 0 Å². The van der Waals surface area contributed by atoms with Gasteiger partial charge in [-0.25, -0.2) is 0 Å². The molecule has 2 aromatic rings. The SMILES string of the molecule is COc1ccc(C(=O)Nc2ccc(C)cc2[N+](=O)[O-])cc1Cl. The highest BCUT2D eigenvalue weighted by Gasteiger charge is 2.17. The molecule has 0 atom stereocenters. The van der Waals surface area contributed by atoms with Gasteiger partial charge in [0.15, 0.2) is 0 Å². The summed E-state index contributed by atoms with van der Waals surface area (Å²) in [5, 5.41) is 13.9. The first-order valence-corrected chi connectivity index (χ1v) is 6.70. The first-order chi connectivity index (χ1) is 10.4. The summed E-state index contributed by atoms with van der Waals surface area (Å²) in [6.07, 6.45) is 0. The Morgan fingerprint density at radius 2 is 2.00 bits per heavy atom. The van der Waals surface area contributed by atoms with Crippen LogP contribution < -0.4 is 10.1 Å². The highest BCUT2D eigenvalue weighted by molar-refractivity contribution is 6.32. The summed E-state index contributed by atoms with van der Waals surface area (Å²) in [7, 11) is 1.47. The Hall–Kier alpha value is -2.60. The Morgan fingerprint density at radius 3 is 2.59 bits per heavy atom. The number of nitrogens with zero attached hydrogens (tertiary/aromatic N) is 1. The minimum absolute atomic E-state index is 0.132. The van der Waals surface area contributed by atoms with Crippen LogP contribution in [0.2, 0.25) is 5.02 Å². The van der Waals surface area contributed by atoms with Crippen LogP contribution in [0, 0.1) is 17.0 Å². The lowest BCUT2D eigenvalue weighted by molar-refractivity contribution is -0.384. The van der Waals surface area contributed by atoms with Gasteiger partial charge in [0.1, 0.15) is 11.4 Å². The van der Waals surface area contributed by atoms with Crippen molar-refractivity contribution in [2.24, 2.45) is 0 Å². The number of methoxy groups -OCH3 is 1. The zero-order valence-electron chi connectivity index (χ0n) is 11.9. The molecule has 1 amide bonds. The molecular formula is C15H13ClN2O4. The fourth-order valence-electron chi connectivity index (χ4n) is 1.90. The molecule has 0 heterocycles. The summed E-state index contributed by atoms with van der Waals surface area (Å²) in [6.45, 7) is 1.74. The number of aryl methyl sites for hydroxylation is 1. The Bertz CT molecular complexity index is 746. The molecule has 0 radical (unpaired) electrons. The van der Waals surface area contributed by atoms with E-state index in [4.69, 9.17) is 16.3 Å². The fourth-order valence-corrected chi connectivity index (χ4v) is 2.16. The second-order valence-electron chi connectivity index (χ2n) is 4.58. The molecule has 2 aromatic carbocycles. The Kier molecular flexibility index (Phi) is 4.62. The molecule has 0 bridgehead atoms. The maximum atomic E-state index is 12.2. The van der Waals surface area contributed by atoms with Crippen molar-refractivity contribution >= 4 is 28.9 Å². The average Bonchev–Trinajstić information content (AvgIpc) is 2.48. The van der Waals surface area contributed by atoms with E-state index in [0.29, 0.717) is 5.75 Å². The standard InChI is InChI=1S/C15H13ClN2O4/c1-9-3-5-12(13(7-9)18(20)21)17-15(19)10-4-6-14(22-2)11(16)8-10/h3-8H,1-2H3,(H,17,19). The highest BCUT2D eigenvalue weighted by atomic mass is 35.5. The molecule has 0 aliphatic rings. The van der Waals surface area contributed by atoms with Crippen LogP contribution in [-0.4, -0.2) is 17.9 Å². The minimum Gasteiger partial charge on any atom is -0.495 e. The maximum absolute atomic E-state index is 12.2. The van der Waals surface area contributed by atoms with Crippen LogP contribution in [0.1, 0.15) is 15.9 Å². The number of nitrogens with one attached hydrogen (secondary N) is 1. The van der Waals surface area contributed by atoms with Crippen LogP contribution in [0.3, 0.4) is 0 Å². The molecular weight excluding hydrogens is 308 g/mol. The maximum Gasteiger partial charge on any atom is 0.293 e. The van der Waals surface area contributed by atoms with Crippen LogP contribution in [-0.2, 0) is 0 Å². The van der Waals surface area contributed by atoms with E-state index in [1.807, 2.05) is 0 Å². The number of halogens is 1. The topological polar surface area (TPSA) is 81.5 Å². The van der Waals surface area contributed by atoms with Crippen LogP contribution >= 0.6 is 11.6 Å². The van der Waals surface area contributed by atoms with Crippen molar-refractivity contribution < 1.29 is 14.5 Å². The quantitative estimate of drug-likeness (QED) is 0.686. The zero-order valence-corrected chi connectivity index (χ0v) is 12.7. The number of ether oxygens (including phenoxy) is 1. The van der Waals surface area contributed by atoms with E-state index in [9.17, 15) is 14.9 Å². The summed E-state index contributed by atoms with van der Waals surface area (Å²) in [5.41, 5.74) is 0.985. The molecule has 2 rings (SSSR count). The van der Waals surface area contributed by atoms with Gasteiger partial charge in [-0.15, -0.1) is 0 Å². The van der Waals surface area contributed by atoms with E-state index >= 15 is 0 Å². The largest absolute Gasteiger partial charge is 0.495 e. The third-order valence-electron chi connectivity index (χ3n) is 3.01. The normalized spacial score (nSPS) is 10.1. The van der Waals surface area contributed by atoms with Crippen LogP contribution in [0.15, 0.2) is 36.4 Å². The Balaban J connectivity index is 2.29. The summed E-state index contributed by atoms with van der Waals surface area (Å²) >= 11 is 5.97. The predicted octanol–water partition coefficient (Wildman–Crippen LogP) is 3.82.